The number of methoxy groups -OCH3 is 1. The van der Waals surface area contributed by atoms with Crippen LogP contribution in [-0.2, 0) is 11.2 Å². The van der Waals surface area contributed by atoms with Gasteiger partial charge >= 0.3 is 0 Å². The SMILES string of the molecule is CCOc1cccc(-c2ccc3nc(-c4ccc(OC)cc4)c(CCC(=O)NCC(C)C)n3c2)c1. The third kappa shape index (κ3) is 5.83. The predicted octanol–water partition coefficient (Wildman–Crippen LogP) is 5.78. The van der Waals surface area contributed by atoms with E-state index in [1.54, 1.807) is 7.11 Å². The van der Waals surface area contributed by atoms with Gasteiger partial charge in [-0.25, -0.2) is 4.98 Å². The van der Waals surface area contributed by atoms with E-state index >= 15 is 0 Å². The normalized spacial score (nSPS) is 11.1. The first-order valence-corrected chi connectivity index (χ1v) is 12.1. The number of ether oxygens (including phenoxy) is 2. The van der Waals surface area contributed by atoms with Gasteiger partial charge in [0, 0.05) is 24.7 Å². The molecule has 2 aromatic heterocycles. The van der Waals surface area contributed by atoms with E-state index in [4.69, 9.17) is 14.5 Å². The van der Waals surface area contributed by atoms with Gasteiger partial charge in [-0.3, -0.25) is 4.79 Å². The molecule has 0 atom stereocenters. The summed E-state index contributed by atoms with van der Waals surface area (Å²) in [4.78, 5) is 17.5. The molecule has 1 amide bonds. The second kappa shape index (κ2) is 11.1. The molecule has 182 valence electrons. The lowest BCUT2D eigenvalue weighted by Gasteiger charge is -2.10. The highest BCUT2D eigenvalue weighted by Crippen LogP contribution is 2.30. The van der Waals surface area contributed by atoms with Crippen molar-refractivity contribution in [3.05, 3.63) is 72.6 Å². The van der Waals surface area contributed by atoms with Gasteiger partial charge in [0.1, 0.15) is 17.1 Å². The van der Waals surface area contributed by atoms with Crippen molar-refractivity contribution in [3.8, 4) is 33.9 Å². The van der Waals surface area contributed by atoms with E-state index in [1.165, 1.54) is 0 Å². The van der Waals surface area contributed by atoms with Crippen molar-refractivity contribution in [1.29, 1.82) is 0 Å². The minimum Gasteiger partial charge on any atom is -0.497 e. The van der Waals surface area contributed by atoms with Crippen molar-refractivity contribution in [2.45, 2.75) is 33.6 Å². The van der Waals surface area contributed by atoms with E-state index in [0.29, 0.717) is 31.9 Å². The molecule has 6 heteroatoms. The summed E-state index contributed by atoms with van der Waals surface area (Å²) in [6.45, 7) is 7.47. The molecule has 35 heavy (non-hydrogen) atoms. The van der Waals surface area contributed by atoms with Gasteiger partial charge in [0.25, 0.3) is 0 Å². The molecule has 0 spiro atoms. The van der Waals surface area contributed by atoms with Gasteiger partial charge in [0.2, 0.25) is 5.91 Å². The zero-order valence-corrected chi connectivity index (χ0v) is 20.9. The number of carbonyl (C=O) groups is 1. The second-order valence-electron chi connectivity index (χ2n) is 8.94. The molecule has 0 unspecified atom stereocenters. The Labute approximate surface area is 206 Å². The van der Waals surface area contributed by atoms with Gasteiger partial charge in [-0.15, -0.1) is 0 Å². The summed E-state index contributed by atoms with van der Waals surface area (Å²) in [7, 11) is 1.66. The lowest BCUT2D eigenvalue weighted by atomic mass is 10.1. The fourth-order valence-corrected chi connectivity index (χ4v) is 4.05. The molecule has 0 aliphatic carbocycles. The summed E-state index contributed by atoms with van der Waals surface area (Å²) < 4.78 is 13.1. The number of hydrogen-bond donors (Lipinski definition) is 1. The fourth-order valence-electron chi connectivity index (χ4n) is 4.05. The molecule has 0 saturated heterocycles. The minimum absolute atomic E-state index is 0.0508. The van der Waals surface area contributed by atoms with E-state index in [2.05, 4.69) is 41.9 Å². The number of rotatable bonds is 10. The van der Waals surface area contributed by atoms with Crippen LogP contribution in [0.25, 0.3) is 28.0 Å². The second-order valence-corrected chi connectivity index (χ2v) is 8.94. The van der Waals surface area contributed by atoms with Crippen LogP contribution in [0.4, 0.5) is 0 Å². The van der Waals surface area contributed by atoms with Crippen molar-refractivity contribution in [3.63, 3.8) is 0 Å². The molecule has 0 bridgehead atoms. The van der Waals surface area contributed by atoms with Crippen LogP contribution in [0.1, 0.15) is 32.9 Å². The number of carbonyl (C=O) groups excluding carboxylic acids is 1. The highest BCUT2D eigenvalue weighted by molar-refractivity contribution is 5.77. The Morgan fingerprint density at radius 1 is 1.00 bits per heavy atom. The van der Waals surface area contributed by atoms with Crippen molar-refractivity contribution >= 4 is 11.6 Å². The maximum Gasteiger partial charge on any atom is 0.220 e. The highest BCUT2D eigenvalue weighted by atomic mass is 16.5. The Morgan fingerprint density at radius 3 is 2.49 bits per heavy atom. The first-order chi connectivity index (χ1) is 17.0. The molecular formula is C29H33N3O3. The van der Waals surface area contributed by atoms with Gasteiger partial charge in [0.15, 0.2) is 0 Å². The predicted molar refractivity (Wildman–Crippen MR) is 140 cm³/mol. The first kappa shape index (κ1) is 24.3. The van der Waals surface area contributed by atoms with E-state index < -0.39 is 0 Å². The Kier molecular flexibility index (Phi) is 7.70. The summed E-state index contributed by atoms with van der Waals surface area (Å²) in [5.41, 5.74) is 5.85. The van der Waals surface area contributed by atoms with Crippen LogP contribution in [0.15, 0.2) is 66.9 Å². The van der Waals surface area contributed by atoms with E-state index in [1.807, 2.05) is 55.5 Å². The van der Waals surface area contributed by atoms with Gasteiger partial charge in [-0.1, -0.05) is 26.0 Å². The summed E-state index contributed by atoms with van der Waals surface area (Å²) in [5.74, 6) is 2.11. The van der Waals surface area contributed by atoms with Crippen LogP contribution >= 0.6 is 0 Å². The lowest BCUT2D eigenvalue weighted by molar-refractivity contribution is -0.121. The molecule has 0 aliphatic rings. The van der Waals surface area contributed by atoms with E-state index in [0.717, 1.165) is 45.2 Å². The molecule has 2 aromatic carbocycles. The van der Waals surface area contributed by atoms with Gasteiger partial charge in [-0.2, -0.15) is 0 Å². The van der Waals surface area contributed by atoms with Crippen molar-refractivity contribution in [1.82, 2.24) is 14.7 Å². The smallest absolute Gasteiger partial charge is 0.220 e. The summed E-state index contributed by atoms with van der Waals surface area (Å²) in [6, 6.07) is 20.1. The molecule has 2 heterocycles. The van der Waals surface area contributed by atoms with Gasteiger partial charge in [-0.05, 0) is 78.9 Å². The number of imidazole rings is 1. The Morgan fingerprint density at radius 2 is 1.77 bits per heavy atom. The van der Waals surface area contributed by atoms with Gasteiger partial charge < -0.3 is 19.2 Å². The molecule has 0 aliphatic heterocycles. The largest absolute Gasteiger partial charge is 0.497 e. The highest BCUT2D eigenvalue weighted by Gasteiger charge is 2.17. The standard InChI is InChI=1S/C29H33N3O3/c1-5-35-25-8-6-7-22(17-25)23-11-15-27-31-29(21-9-12-24(34-4)13-10-21)26(32(27)19-23)14-16-28(33)30-18-20(2)3/h6-13,15,17,19-20H,5,14,16,18H2,1-4H3,(H,30,33). The number of fused-ring (bicyclic) bond motifs is 1. The number of pyridine rings is 1. The van der Waals surface area contributed by atoms with Crippen LogP contribution in [0.2, 0.25) is 0 Å². The summed E-state index contributed by atoms with van der Waals surface area (Å²) in [5, 5.41) is 3.02. The number of nitrogens with zero attached hydrogens (tertiary/aromatic N) is 2. The van der Waals surface area contributed by atoms with Crippen LogP contribution in [0.5, 0.6) is 11.5 Å². The summed E-state index contributed by atoms with van der Waals surface area (Å²) in [6.07, 6.45) is 3.07. The number of amides is 1. The number of benzene rings is 2. The molecule has 4 rings (SSSR count). The lowest BCUT2D eigenvalue weighted by Crippen LogP contribution is -2.27. The van der Waals surface area contributed by atoms with Gasteiger partial charge in [0.05, 0.1) is 25.1 Å². The molecule has 0 saturated carbocycles. The van der Waals surface area contributed by atoms with Crippen molar-refractivity contribution in [2.75, 3.05) is 20.3 Å². The topological polar surface area (TPSA) is 64.9 Å². The average Bonchev–Trinajstić information content (AvgIpc) is 3.24. The van der Waals surface area contributed by atoms with Crippen LogP contribution < -0.4 is 14.8 Å². The minimum atomic E-state index is 0.0508. The molecule has 6 nitrogen and oxygen atoms in total. The van der Waals surface area contributed by atoms with Crippen molar-refractivity contribution < 1.29 is 14.3 Å². The first-order valence-electron chi connectivity index (χ1n) is 12.1. The number of hydrogen-bond acceptors (Lipinski definition) is 4. The van der Waals surface area contributed by atoms with Crippen molar-refractivity contribution in [2.24, 2.45) is 5.92 Å². The number of aromatic nitrogens is 2. The maximum absolute atomic E-state index is 12.5. The number of nitrogens with one attached hydrogen (secondary N) is 1. The zero-order valence-electron chi connectivity index (χ0n) is 20.9. The van der Waals surface area contributed by atoms with E-state index in [9.17, 15) is 4.79 Å². The fraction of sp³-hybridized carbons (Fsp3) is 0.310. The van der Waals surface area contributed by atoms with Crippen LogP contribution in [0.3, 0.4) is 0 Å². The van der Waals surface area contributed by atoms with Crippen LogP contribution in [0, 0.1) is 5.92 Å². The molecular weight excluding hydrogens is 438 g/mol. The number of aryl methyl sites for hydroxylation is 1. The maximum atomic E-state index is 12.5. The Hall–Kier alpha value is -3.80. The average molecular weight is 472 g/mol. The quantitative estimate of drug-likeness (QED) is 0.318. The molecule has 0 radical (unpaired) electrons. The molecule has 4 aromatic rings. The van der Waals surface area contributed by atoms with E-state index in [-0.39, 0.29) is 5.91 Å². The third-order valence-corrected chi connectivity index (χ3v) is 5.86. The Balaban J connectivity index is 1.73. The molecule has 0 fully saturated rings. The third-order valence-electron chi connectivity index (χ3n) is 5.86. The monoisotopic (exact) mass is 471 g/mol. The summed E-state index contributed by atoms with van der Waals surface area (Å²) >= 11 is 0. The zero-order chi connectivity index (χ0) is 24.8. The molecule has 1 N–H and O–H groups in total. The Bertz CT molecular complexity index is 1290. The van der Waals surface area contributed by atoms with Crippen LogP contribution in [-0.4, -0.2) is 35.6 Å².